The van der Waals surface area contributed by atoms with E-state index in [0.717, 1.165) is 22.0 Å². The molecule has 0 aliphatic carbocycles. The summed E-state index contributed by atoms with van der Waals surface area (Å²) < 4.78 is 18.6. The standard InChI is InChI=1S/C30H28BrNO5/c1-17(2)13-14-36-24-12-6-19(16-25(24)35-4)27-26-28(33)22-15-18(3)5-11-23(22)37-29(26)30(34)32(27)21-9-7-20(31)8-10-21/h5-12,15-17,27H,13-14H2,1-4H3. The second-order valence-electron chi connectivity index (χ2n) is 9.67. The van der Waals surface area contributed by atoms with E-state index in [2.05, 4.69) is 29.8 Å². The predicted octanol–water partition coefficient (Wildman–Crippen LogP) is 7.05. The van der Waals surface area contributed by atoms with Crippen LogP contribution >= 0.6 is 15.9 Å². The molecule has 2 heterocycles. The van der Waals surface area contributed by atoms with Gasteiger partial charge in [0.05, 0.1) is 30.7 Å². The summed E-state index contributed by atoms with van der Waals surface area (Å²) in [6, 6.07) is 17.7. The molecule has 0 fully saturated rings. The molecule has 0 saturated heterocycles. The van der Waals surface area contributed by atoms with Gasteiger partial charge in [-0.2, -0.15) is 0 Å². The van der Waals surface area contributed by atoms with E-state index in [1.54, 1.807) is 24.1 Å². The van der Waals surface area contributed by atoms with Crippen molar-refractivity contribution in [1.29, 1.82) is 0 Å². The Labute approximate surface area is 223 Å². The third-order valence-corrected chi connectivity index (χ3v) is 7.12. The van der Waals surface area contributed by atoms with E-state index in [1.165, 1.54) is 0 Å². The van der Waals surface area contributed by atoms with Crippen LogP contribution in [-0.2, 0) is 0 Å². The van der Waals surface area contributed by atoms with Gasteiger partial charge in [0.1, 0.15) is 5.58 Å². The van der Waals surface area contributed by atoms with Crippen LogP contribution in [0, 0.1) is 12.8 Å². The van der Waals surface area contributed by atoms with Crippen molar-refractivity contribution in [2.24, 2.45) is 5.92 Å². The number of aryl methyl sites for hydroxylation is 1. The smallest absolute Gasteiger partial charge is 0.295 e. The summed E-state index contributed by atoms with van der Waals surface area (Å²) in [4.78, 5) is 29.3. The van der Waals surface area contributed by atoms with E-state index in [1.807, 2.05) is 55.5 Å². The van der Waals surface area contributed by atoms with Crippen LogP contribution in [0.2, 0.25) is 0 Å². The van der Waals surface area contributed by atoms with Crippen molar-refractivity contribution in [2.45, 2.75) is 33.2 Å². The van der Waals surface area contributed by atoms with Gasteiger partial charge in [-0.3, -0.25) is 14.5 Å². The molecule has 1 amide bonds. The molecule has 4 aromatic rings. The summed E-state index contributed by atoms with van der Waals surface area (Å²) >= 11 is 3.46. The number of nitrogens with zero attached hydrogens (tertiary/aromatic N) is 1. The Morgan fingerprint density at radius 1 is 1.00 bits per heavy atom. The molecule has 1 aliphatic heterocycles. The molecule has 190 valence electrons. The maximum Gasteiger partial charge on any atom is 0.295 e. The van der Waals surface area contributed by atoms with Crippen molar-refractivity contribution in [3.8, 4) is 11.5 Å². The number of benzene rings is 3. The maximum atomic E-state index is 13.9. The average molecular weight is 562 g/mol. The van der Waals surface area contributed by atoms with Crippen LogP contribution in [-0.4, -0.2) is 19.6 Å². The third-order valence-electron chi connectivity index (χ3n) is 6.59. The minimum atomic E-state index is -0.691. The average Bonchev–Trinajstić information content (AvgIpc) is 3.17. The highest BCUT2D eigenvalue weighted by atomic mass is 79.9. The number of hydrogen-bond acceptors (Lipinski definition) is 5. The summed E-state index contributed by atoms with van der Waals surface area (Å²) in [5.41, 5.74) is 2.82. The Kier molecular flexibility index (Phi) is 6.82. The van der Waals surface area contributed by atoms with Crippen LogP contribution < -0.4 is 19.8 Å². The minimum absolute atomic E-state index is 0.0606. The third kappa shape index (κ3) is 4.64. The van der Waals surface area contributed by atoms with E-state index in [-0.39, 0.29) is 17.1 Å². The number of halogens is 1. The zero-order valence-corrected chi connectivity index (χ0v) is 22.8. The largest absolute Gasteiger partial charge is 0.493 e. The summed E-state index contributed by atoms with van der Waals surface area (Å²) in [7, 11) is 1.58. The summed E-state index contributed by atoms with van der Waals surface area (Å²) in [6.07, 6.45) is 0.917. The second-order valence-corrected chi connectivity index (χ2v) is 10.6. The van der Waals surface area contributed by atoms with Crippen LogP contribution in [0.3, 0.4) is 0 Å². The number of carbonyl (C=O) groups excluding carboxylic acids is 1. The van der Waals surface area contributed by atoms with Crippen LogP contribution in [0.1, 0.15) is 53.6 Å². The second kappa shape index (κ2) is 10.1. The molecule has 0 bridgehead atoms. The zero-order chi connectivity index (χ0) is 26.3. The molecular formula is C30H28BrNO5. The highest BCUT2D eigenvalue weighted by Crippen LogP contribution is 2.43. The number of fused-ring (bicyclic) bond motifs is 2. The SMILES string of the molecule is COc1cc(C2c3c(oc4ccc(C)cc4c3=O)C(=O)N2c2ccc(Br)cc2)ccc1OCCC(C)C. The van der Waals surface area contributed by atoms with E-state index in [0.29, 0.717) is 46.2 Å². The van der Waals surface area contributed by atoms with Gasteiger partial charge in [-0.1, -0.05) is 47.5 Å². The molecule has 0 radical (unpaired) electrons. The molecule has 1 aromatic heterocycles. The first kappa shape index (κ1) is 25.1. The topological polar surface area (TPSA) is 69.0 Å². The lowest BCUT2D eigenvalue weighted by Crippen LogP contribution is -2.29. The minimum Gasteiger partial charge on any atom is -0.493 e. The lowest BCUT2D eigenvalue weighted by atomic mass is 9.97. The predicted molar refractivity (Wildman–Crippen MR) is 148 cm³/mol. The summed E-state index contributed by atoms with van der Waals surface area (Å²) in [5.74, 6) is 1.37. The van der Waals surface area contributed by atoms with E-state index in [9.17, 15) is 9.59 Å². The Morgan fingerprint density at radius 2 is 1.76 bits per heavy atom. The van der Waals surface area contributed by atoms with Gasteiger partial charge in [-0.05, 0) is 73.4 Å². The van der Waals surface area contributed by atoms with Crippen LogP contribution in [0.4, 0.5) is 5.69 Å². The number of hydrogen-bond donors (Lipinski definition) is 0. The molecule has 6 nitrogen and oxygen atoms in total. The van der Waals surface area contributed by atoms with Gasteiger partial charge >= 0.3 is 0 Å². The number of methoxy groups -OCH3 is 1. The molecule has 3 aromatic carbocycles. The molecule has 5 rings (SSSR count). The van der Waals surface area contributed by atoms with Crippen LogP contribution in [0.25, 0.3) is 11.0 Å². The molecule has 0 spiro atoms. The van der Waals surface area contributed by atoms with Gasteiger partial charge in [0, 0.05) is 10.2 Å². The van der Waals surface area contributed by atoms with Crippen molar-refractivity contribution in [1.82, 2.24) is 0 Å². The first-order chi connectivity index (χ1) is 17.8. The van der Waals surface area contributed by atoms with Crippen molar-refractivity contribution in [2.75, 3.05) is 18.6 Å². The highest BCUT2D eigenvalue weighted by Gasteiger charge is 2.44. The number of anilines is 1. The van der Waals surface area contributed by atoms with E-state index >= 15 is 0 Å². The molecule has 37 heavy (non-hydrogen) atoms. The van der Waals surface area contributed by atoms with Gasteiger partial charge < -0.3 is 13.9 Å². The monoisotopic (exact) mass is 561 g/mol. The molecule has 0 N–H and O–H groups in total. The molecular weight excluding hydrogens is 534 g/mol. The number of ether oxygens (including phenoxy) is 2. The molecule has 1 atom stereocenters. The van der Waals surface area contributed by atoms with Gasteiger partial charge in [0.15, 0.2) is 16.9 Å². The van der Waals surface area contributed by atoms with Crippen molar-refractivity contribution < 1.29 is 18.7 Å². The summed E-state index contributed by atoms with van der Waals surface area (Å²) in [6.45, 7) is 6.78. The van der Waals surface area contributed by atoms with Gasteiger partial charge in [-0.15, -0.1) is 0 Å². The van der Waals surface area contributed by atoms with Crippen molar-refractivity contribution in [3.63, 3.8) is 0 Å². The molecule has 7 heteroatoms. The van der Waals surface area contributed by atoms with Gasteiger partial charge in [-0.25, -0.2) is 0 Å². The lowest BCUT2D eigenvalue weighted by Gasteiger charge is -2.26. The Hall–Kier alpha value is -3.58. The lowest BCUT2D eigenvalue weighted by molar-refractivity contribution is 0.0971. The van der Waals surface area contributed by atoms with Crippen molar-refractivity contribution >= 4 is 38.5 Å². The Balaban J connectivity index is 1.68. The normalized spacial score (nSPS) is 14.9. The van der Waals surface area contributed by atoms with Gasteiger partial charge in [0.2, 0.25) is 5.76 Å². The Morgan fingerprint density at radius 3 is 2.46 bits per heavy atom. The fourth-order valence-corrected chi connectivity index (χ4v) is 4.91. The zero-order valence-electron chi connectivity index (χ0n) is 21.2. The number of rotatable bonds is 7. The van der Waals surface area contributed by atoms with Crippen LogP contribution in [0.5, 0.6) is 11.5 Å². The van der Waals surface area contributed by atoms with Crippen molar-refractivity contribution in [3.05, 3.63) is 97.8 Å². The van der Waals surface area contributed by atoms with Gasteiger partial charge in [0.25, 0.3) is 5.91 Å². The fourth-order valence-electron chi connectivity index (χ4n) is 4.65. The Bertz CT molecular complexity index is 1540. The molecule has 1 unspecified atom stereocenters. The quantitative estimate of drug-likeness (QED) is 0.242. The first-order valence-corrected chi connectivity index (χ1v) is 13.0. The fraction of sp³-hybridized carbons (Fsp3) is 0.267. The first-order valence-electron chi connectivity index (χ1n) is 12.3. The maximum absolute atomic E-state index is 13.9. The van der Waals surface area contributed by atoms with Crippen LogP contribution in [0.15, 0.2) is 74.3 Å². The number of carbonyl (C=O) groups is 1. The number of amides is 1. The van der Waals surface area contributed by atoms with E-state index in [4.69, 9.17) is 13.9 Å². The molecule has 0 saturated carbocycles. The summed E-state index contributed by atoms with van der Waals surface area (Å²) in [5, 5.41) is 0.454. The van der Waals surface area contributed by atoms with E-state index < -0.39 is 6.04 Å². The molecule has 1 aliphatic rings. The highest BCUT2D eigenvalue weighted by molar-refractivity contribution is 9.10.